The zero-order valence-electron chi connectivity index (χ0n) is 14.5. The van der Waals surface area contributed by atoms with Crippen molar-refractivity contribution in [2.45, 2.75) is 45.9 Å². The molecule has 2 amide bonds. The van der Waals surface area contributed by atoms with E-state index in [0.717, 1.165) is 5.56 Å². The zero-order chi connectivity index (χ0) is 18.1. The molecule has 0 aliphatic heterocycles. The third kappa shape index (κ3) is 6.37. The van der Waals surface area contributed by atoms with E-state index in [0.29, 0.717) is 12.1 Å². The summed E-state index contributed by atoms with van der Waals surface area (Å²) < 4.78 is 5.03. The lowest BCUT2D eigenvalue weighted by Crippen LogP contribution is -2.48. The molecule has 132 valence electrons. The van der Waals surface area contributed by atoms with E-state index in [4.69, 9.17) is 4.74 Å². The van der Waals surface area contributed by atoms with E-state index in [9.17, 15) is 14.4 Å². The van der Waals surface area contributed by atoms with Gasteiger partial charge in [0.2, 0.25) is 11.8 Å². The highest BCUT2D eigenvalue weighted by molar-refractivity contribution is 5.97. The fourth-order valence-corrected chi connectivity index (χ4v) is 1.74. The summed E-state index contributed by atoms with van der Waals surface area (Å²) in [5.41, 5.74) is 1.44. The molecule has 0 heterocycles. The Balaban J connectivity index is 2.52. The summed E-state index contributed by atoms with van der Waals surface area (Å²) >= 11 is 0. The summed E-state index contributed by atoms with van der Waals surface area (Å²) in [4.78, 5) is 34.9. The number of rotatable bonds is 8. The van der Waals surface area contributed by atoms with E-state index < -0.39 is 6.04 Å². The van der Waals surface area contributed by atoms with Gasteiger partial charge in [0.25, 0.3) is 0 Å². The molecule has 0 saturated carbocycles. The predicted molar refractivity (Wildman–Crippen MR) is 91.3 cm³/mol. The molecule has 3 N–H and O–H groups in total. The number of hydrogen-bond acceptors (Lipinski definition) is 5. The molecule has 24 heavy (non-hydrogen) atoms. The molecule has 0 radical (unpaired) electrons. The predicted octanol–water partition coefficient (Wildman–Crippen LogP) is 1.19. The van der Waals surface area contributed by atoms with Gasteiger partial charge in [-0.25, -0.2) is 0 Å². The van der Waals surface area contributed by atoms with Gasteiger partial charge in [-0.15, -0.1) is 0 Å². The normalized spacial score (nSPS) is 12.8. The Morgan fingerprint density at radius 2 is 1.67 bits per heavy atom. The minimum absolute atomic E-state index is 0.204. The van der Waals surface area contributed by atoms with Crippen LogP contribution in [0.15, 0.2) is 24.3 Å². The number of ether oxygens (including phenoxy) is 1. The molecule has 0 spiro atoms. The second-order valence-electron chi connectivity index (χ2n) is 5.44. The first-order chi connectivity index (χ1) is 11.4. The van der Waals surface area contributed by atoms with Gasteiger partial charge in [0.05, 0.1) is 6.04 Å². The summed E-state index contributed by atoms with van der Waals surface area (Å²) in [6, 6.07) is 5.95. The summed E-state index contributed by atoms with van der Waals surface area (Å²) in [6.45, 7) is 5.27. The van der Waals surface area contributed by atoms with Crippen LogP contribution in [0.3, 0.4) is 0 Å². The van der Waals surface area contributed by atoms with Crippen molar-refractivity contribution in [1.29, 1.82) is 0 Å². The smallest absolute Gasteiger partial charge is 0.305 e. The number of carbonyl (C=O) groups is 3. The molecule has 1 rings (SSSR count). The molecule has 0 unspecified atom stereocenters. The van der Waals surface area contributed by atoms with Crippen LogP contribution in [0.25, 0.3) is 0 Å². The number of amides is 2. The van der Waals surface area contributed by atoms with E-state index in [2.05, 4.69) is 16.0 Å². The van der Waals surface area contributed by atoms with Crippen molar-refractivity contribution in [2.75, 3.05) is 12.4 Å². The molecule has 0 fully saturated rings. The Morgan fingerprint density at radius 3 is 2.21 bits per heavy atom. The number of esters is 1. The van der Waals surface area contributed by atoms with Crippen LogP contribution in [0.5, 0.6) is 0 Å². The van der Waals surface area contributed by atoms with Crippen LogP contribution in [-0.2, 0) is 25.7 Å². The van der Waals surface area contributed by atoms with Gasteiger partial charge < -0.3 is 20.7 Å². The molecule has 2 atom stereocenters. The summed E-state index contributed by atoms with van der Waals surface area (Å²) in [5, 5.41) is 8.16. The van der Waals surface area contributed by atoms with Gasteiger partial charge in [0, 0.05) is 12.1 Å². The van der Waals surface area contributed by atoms with Gasteiger partial charge in [-0.3, -0.25) is 14.4 Å². The van der Waals surface area contributed by atoms with Gasteiger partial charge in [0.1, 0.15) is 12.6 Å². The Labute approximate surface area is 142 Å². The van der Waals surface area contributed by atoms with Crippen LogP contribution in [0.4, 0.5) is 5.69 Å². The lowest BCUT2D eigenvalue weighted by atomic mass is 10.2. The molecule has 1 aromatic rings. The maximum atomic E-state index is 12.1. The molecule has 0 aliphatic carbocycles. The molecule has 0 aliphatic rings. The zero-order valence-corrected chi connectivity index (χ0v) is 14.5. The second-order valence-corrected chi connectivity index (χ2v) is 5.44. The fourth-order valence-electron chi connectivity index (χ4n) is 1.74. The monoisotopic (exact) mass is 335 g/mol. The quantitative estimate of drug-likeness (QED) is 0.620. The SMILES string of the molecule is CCC(=O)OCc1ccc(NC(=O)[C@H](C)NC(=O)[C@H](C)NC)cc1. The van der Waals surface area contributed by atoms with Crippen LogP contribution in [0.1, 0.15) is 32.8 Å². The van der Waals surface area contributed by atoms with E-state index in [1.165, 1.54) is 0 Å². The van der Waals surface area contributed by atoms with Crippen molar-refractivity contribution in [1.82, 2.24) is 10.6 Å². The summed E-state index contributed by atoms with van der Waals surface area (Å²) in [7, 11) is 1.67. The summed E-state index contributed by atoms with van der Waals surface area (Å²) in [5.74, 6) is -0.808. The van der Waals surface area contributed by atoms with Crippen molar-refractivity contribution in [3.8, 4) is 0 Å². The maximum absolute atomic E-state index is 12.1. The van der Waals surface area contributed by atoms with Gasteiger partial charge >= 0.3 is 5.97 Å². The Morgan fingerprint density at radius 1 is 1.04 bits per heavy atom. The fraction of sp³-hybridized carbons (Fsp3) is 0.471. The van der Waals surface area contributed by atoms with Gasteiger partial charge in [-0.05, 0) is 38.6 Å². The molecule has 0 aromatic heterocycles. The first-order valence-electron chi connectivity index (χ1n) is 7.90. The third-order valence-electron chi connectivity index (χ3n) is 3.49. The van der Waals surface area contributed by atoms with Crippen molar-refractivity contribution >= 4 is 23.5 Å². The van der Waals surface area contributed by atoms with E-state index >= 15 is 0 Å². The van der Waals surface area contributed by atoms with E-state index in [1.807, 2.05) is 0 Å². The number of nitrogens with one attached hydrogen (secondary N) is 3. The van der Waals surface area contributed by atoms with Gasteiger partial charge in [-0.1, -0.05) is 19.1 Å². The number of benzene rings is 1. The Kier molecular flexibility index (Phi) is 7.91. The minimum Gasteiger partial charge on any atom is -0.461 e. The summed E-state index contributed by atoms with van der Waals surface area (Å²) in [6.07, 6.45) is 0.337. The highest BCUT2D eigenvalue weighted by Gasteiger charge is 2.18. The highest BCUT2D eigenvalue weighted by Crippen LogP contribution is 2.11. The minimum atomic E-state index is -0.654. The number of hydrogen-bond donors (Lipinski definition) is 3. The van der Waals surface area contributed by atoms with Crippen molar-refractivity contribution in [2.24, 2.45) is 0 Å². The Bertz CT molecular complexity index is 572. The maximum Gasteiger partial charge on any atom is 0.305 e. The van der Waals surface area contributed by atoms with Crippen LogP contribution < -0.4 is 16.0 Å². The largest absolute Gasteiger partial charge is 0.461 e. The molecule has 0 saturated heterocycles. The van der Waals surface area contributed by atoms with Crippen LogP contribution in [0.2, 0.25) is 0 Å². The Hall–Kier alpha value is -2.41. The van der Waals surface area contributed by atoms with Crippen molar-refractivity contribution in [3.05, 3.63) is 29.8 Å². The number of carbonyl (C=O) groups excluding carboxylic acids is 3. The van der Waals surface area contributed by atoms with E-state index in [-0.39, 0.29) is 30.4 Å². The molecule has 7 heteroatoms. The first-order valence-corrected chi connectivity index (χ1v) is 7.90. The lowest BCUT2D eigenvalue weighted by Gasteiger charge is -2.17. The van der Waals surface area contributed by atoms with Crippen LogP contribution in [-0.4, -0.2) is 36.9 Å². The van der Waals surface area contributed by atoms with Crippen molar-refractivity contribution < 1.29 is 19.1 Å². The van der Waals surface area contributed by atoms with Crippen molar-refractivity contribution in [3.63, 3.8) is 0 Å². The standard InChI is InChI=1S/C17H25N3O4/c1-5-15(21)24-10-13-6-8-14(9-7-13)20-17(23)12(3)19-16(22)11(2)18-4/h6-9,11-12,18H,5,10H2,1-4H3,(H,19,22)(H,20,23)/t11-,12-/m0/s1. The van der Waals surface area contributed by atoms with Gasteiger partial charge in [0.15, 0.2) is 0 Å². The molecular weight excluding hydrogens is 310 g/mol. The van der Waals surface area contributed by atoms with Gasteiger partial charge in [-0.2, -0.15) is 0 Å². The third-order valence-corrected chi connectivity index (χ3v) is 3.49. The van der Waals surface area contributed by atoms with E-state index in [1.54, 1.807) is 52.1 Å². The number of anilines is 1. The highest BCUT2D eigenvalue weighted by atomic mass is 16.5. The second kappa shape index (κ2) is 9.67. The average Bonchev–Trinajstić information content (AvgIpc) is 2.59. The average molecular weight is 335 g/mol. The molecule has 7 nitrogen and oxygen atoms in total. The molecule has 1 aromatic carbocycles. The lowest BCUT2D eigenvalue weighted by molar-refractivity contribution is -0.144. The molecule has 0 bridgehead atoms. The topological polar surface area (TPSA) is 96.5 Å². The van der Waals surface area contributed by atoms with Crippen LogP contribution >= 0.6 is 0 Å². The first kappa shape index (κ1) is 19.6. The molecular formula is C17H25N3O4. The van der Waals surface area contributed by atoms with Crippen LogP contribution in [0, 0.1) is 0 Å². The number of likely N-dealkylation sites (N-methyl/N-ethyl adjacent to an activating group) is 1.